The number of aromatic carboxylic acids is 1. The summed E-state index contributed by atoms with van der Waals surface area (Å²) in [6, 6.07) is 0. The minimum atomic E-state index is -0.960. The summed E-state index contributed by atoms with van der Waals surface area (Å²) in [5.41, 5.74) is 0. The van der Waals surface area contributed by atoms with E-state index in [1.807, 2.05) is 17.1 Å². The van der Waals surface area contributed by atoms with Crippen LogP contribution in [0.5, 0.6) is 5.19 Å². The molecule has 2 heterocycles. The number of carbonyl (C=O) groups is 1. The van der Waals surface area contributed by atoms with Gasteiger partial charge in [0.15, 0.2) is 10.7 Å². The van der Waals surface area contributed by atoms with E-state index in [9.17, 15) is 4.79 Å². The number of rotatable bonds is 3. The lowest BCUT2D eigenvalue weighted by Gasteiger charge is -2.14. The normalized spacial score (nSPS) is 14.6. The van der Waals surface area contributed by atoms with Crippen molar-refractivity contribution in [3.05, 3.63) is 17.0 Å². The maximum Gasteiger partial charge on any atom is 0.349 e. The van der Waals surface area contributed by atoms with Crippen LogP contribution in [0, 0.1) is 0 Å². The molecular formula is C9H10N2O3S. The summed E-state index contributed by atoms with van der Waals surface area (Å²) in [5.74, 6) is -0.466. The van der Waals surface area contributed by atoms with Gasteiger partial charge in [0.05, 0.1) is 7.11 Å². The number of anilines is 1. The van der Waals surface area contributed by atoms with Crippen LogP contribution in [0.15, 0.2) is 12.2 Å². The van der Waals surface area contributed by atoms with Crippen LogP contribution in [-0.4, -0.2) is 36.3 Å². The van der Waals surface area contributed by atoms with Crippen molar-refractivity contribution in [3.63, 3.8) is 0 Å². The van der Waals surface area contributed by atoms with E-state index >= 15 is 0 Å². The molecule has 0 bridgehead atoms. The molecular weight excluding hydrogens is 216 g/mol. The number of aromatic nitrogens is 1. The zero-order valence-corrected chi connectivity index (χ0v) is 8.95. The van der Waals surface area contributed by atoms with Gasteiger partial charge in [0.1, 0.15) is 0 Å². The Kier molecular flexibility index (Phi) is 2.59. The standard InChI is InChI=1S/C9H10N2O3S/c1-14-9-10-7(6(15-9)8(12)13)11-4-2-3-5-11/h2-3H,4-5H2,1H3,(H,12,13). The van der Waals surface area contributed by atoms with Crippen LogP contribution in [0.1, 0.15) is 9.67 Å². The highest BCUT2D eigenvalue weighted by atomic mass is 32.1. The Bertz CT molecular complexity index is 405. The lowest BCUT2D eigenvalue weighted by Crippen LogP contribution is -2.21. The summed E-state index contributed by atoms with van der Waals surface area (Å²) >= 11 is 1.05. The molecule has 5 nitrogen and oxygen atoms in total. The minimum Gasteiger partial charge on any atom is -0.477 e. The fourth-order valence-electron chi connectivity index (χ4n) is 1.38. The van der Waals surface area contributed by atoms with Crippen LogP contribution < -0.4 is 9.64 Å². The van der Waals surface area contributed by atoms with E-state index in [0.717, 1.165) is 11.3 Å². The Hall–Kier alpha value is -1.56. The van der Waals surface area contributed by atoms with Crippen molar-refractivity contribution in [1.29, 1.82) is 0 Å². The van der Waals surface area contributed by atoms with E-state index in [2.05, 4.69) is 4.98 Å². The number of carboxylic acids is 1. The molecule has 6 heteroatoms. The van der Waals surface area contributed by atoms with E-state index < -0.39 is 5.97 Å². The third kappa shape index (κ3) is 1.80. The predicted octanol–water partition coefficient (Wildman–Crippen LogP) is 1.23. The Labute approximate surface area is 90.6 Å². The SMILES string of the molecule is COc1nc(N2CC=CC2)c(C(=O)O)s1. The average Bonchev–Trinajstić information content (AvgIpc) is 2.86. The highest BCUT2D eigenvalue weighted by Crippen LogP contribution is 2.31. The predicted molar refractivity (Wildman–Crippen MR) is 57.0 cm³/mol. The highest BCUT2D eigenvalue weighted by molar-refractivity contribution is 7.15. The third-order valence-electron chi connectivity index (χ3n) is 2.08. The summed E-state index contributed by atoms with van der Waals surface area (Å²) in [6.45, 7) is 1.40. The minimum absolute atomic E-state index is 0.232. The molecule has 0 spiro atoms. The van der Waals surface area contributed by atoms with Crippen LogP contribution in [0.2, 0.25) is 0 Å². The third-order valence-corrected chi connectivity index (χ3v) is 3.07. The van der Waals surface area contributed by atoms with Crippen molar-refractivity contribution >= 4 is 23.1 Å². The molecule has 0 saturated carbocycles. The van der Waals surface area contributed by atoms with E-state index in [4.69, 9.17) is 9.84 Å². The molecule has 0 saturated heterocycles. The molecule has 0 atom stereocenters. The first-order valence-electron chi connectivity index (χ1n) is 4.40. The van der Waals surface area contributed by atoms with Crippen molar-refractivity contribution in [2.75, 3.05) is 25.1 Å². The van der Waals surface area contributed by atoms with Crippen molar-refractivity contribution < 1.29 is 14.6 Å². The van der Waals surface area contributed by atoms with Crippen LogP contribution in [-0.2, 0) is 0 Å². The number of thiazole rings is 1. The number of hydrogen-bond donors (Lipinski definition) is 1. The summed E-state index contributed by atoms with van der Waals surface area (Å²) < 4.78 is 4.94. The molecule has 80 valence electrons. The van der Waals surface area contributed by atoms with Gasteiger partial charge < -0.3 is 14.7 Å². The number of hydrogen-bond acceptors (Lipinski definition) is 5. The van der Waals surface area contributed by atoms with E-state index in [-0.39, 0.29) is 4.88 Å². The Morgan fingerprint density at radius 2 is 2.27 bits per heavy atom. The molecule has 0 amide bonds. The van der Waals surface area contributed by atoms with Gasteiger partial charge in [-0.3, -0.25) is 0 Å². The number of ether oxygens (including phenoxy) is 1. The highest BCUT2D eigenvalue weighted by Gasteiger charge is 2.23. The zero-order valence-electron chi connectivity index (χ0n) is 8.14. The van der Waals surface area contributed by atoms with Gasteiger partial charge in [0, 0.05) is 13.1 Å². The number of nitrogens with zero attached hydrogens (tertiary/aromatic N) is 2. The van der Waals surface area contributed by atoms with Crippen molar-refractivity contribution in [2.45, 2.75) is 0 Å². The summed E-state index contributed by atoms with van der Waals surface area (Å²) in [4.78, 5) is 17.2. The second-order valence-electron chi connectivity index (χ2n) is 3.02. The lowest BCUT2D eigenvalue weighted by molar-refractivity contribution is 0.0702. The van der Waals surface area contributed by atoms with Gasteiger partial charge in [-0.25, -0.2) is 4.79 Å². The average molecular weight is 226 g/mol. The van der Waals surface area contributed by atoms with Gasteiger partial charge in [-0.1, -0.05) is 23.5 Å². The smallest absolute Gasteiger partial charge is 0.349 e. The van der Waals surface area contributed by atoms with Gasteiger partial charge in [0.2, 0.25) is 0 Å². The van der Waals surface area contributed by atoms with Crippen LogP contribution in [0.25, 0.3) is 0 Å². The van der Waals surface area contributed by atoms with Crippen molar-refractivity contribution in [1.82, 2.24) is 4.98 Å². The first kappa shape index (κ1) is 9.97. The molecule has 1 aliphatic rings. The largest absolute Gasteiger partial charge is 0.477 e. The first-order chi connectivity index (χ1) is 7.22. The van der Waals surface area contributed by atoms with Crippen LogP contribution in [0.3, 0.4) is 0 Å². The molecule has 0 unspecified atom stereocenters. The van der Waals surface area contributed by atoms with Crippen molar-refractivity contribution in [2.24, 2.45) is 0 Å². The Balaban J connectivity index is 2.35. The van der Waals surface area contributed by atoms with Crippen molar-refractivity contribution in [3.8, 4) is 5.19 Å². The summed E-state index contributed by atoms with van der Waals surface area (Å²) in [7, 11) is 1.48. The summed E-state index contributed by atoms with van der Waals surface area (Å²) in [6.07, 6.45) is 3.97. The Morgan fingerprint density at radius 1 is 1.60 bits per heavy atom. The maximum atomic E-state index is 11.0. The lowest BCUT2D eigenvalue weighted by atomic mass is 10.4. The molecule has 2 rings (SSSR count). The molecule has 1 aromatic rings. The molecule has 0 radical (unpaired) electrons. The van der Waals surface area contributed by atoms with Gasteiger partial charge in [-0.05, 0) is 0 Å². The molecule has 0 aromatic carbocycles. The number of methoxy groups -OCH3 is 1. The first-order valence-corrected chi connectivity index (χ1v) is 5.22. The summed E-state index contributed by atoms with van der Waals surface area (Å²) in [5, 5.41) is 9.39. The molecule has 0 aliphatic carbocycles. The second kappa shape index (κ2) is 3.90. The van der Waals surface area contributed by atoms with Gasteiger partial charge in [-0.15, -0.1) is 0 Å². The molecule has 1 N–H and O–H groups in total. The van der Waals surface area contributed by atoms with E-state index in [1.54, 1.807) is 0 Å². The molecule has 15 heavy (non-hydrogen) atoms. The number of carboxylic acid groups (broad SMARTS) is 1. The van der Waals surface area contributed by atoms with Gasteiger partial charge in [0.25, 0.3) is 5.19 Å². The molecule has 1 aromatic heterocycles. The van der Waals surface area contributed by atoms with E-state index in [1.165, 1.54) is 7.11 Å². The van der Waals surface area contributed by atoms with E-state index in [0.29, 0.717) is 24.1 Å². The maximum absolute atomic E-state index is 11.0. The quantitative estimate of drug-likeness (QED) is 0.785. The van der Waals surface area contributed by atoms with Gasteiger partial charge in [-0.2, -0.15) is 4.98 Å². The fraction of sp³-hybridized carbons (Fsp3) is 0.333. The van der Waals surface area contributed by atoms with Crippen LogP contribution >= 0.6 is 11.3 Å². The topological polar surface area (TPSA) is 62.7 Å². The van der Waals surface area contributed by atoms with Crippen LogP contribution in [0.4, 0.5) is 5.82 Å². The molecule has 0 fully saturated rings. The fourth-order valence-corrected chi connectivity index (χ4v) is 2.13. The van der Waals surface area contributed by atoms with Gasteiger partial charge >= 0.3 is 5.97 Å². The zero-order chi connectivity index (χ0) is 10.8. The second-order valence-corrected chi connectivity index (χ2v) is 3.98. The monoisotopic (exact) mass is 226 g/mol. The molecule has 1 aliphatic heterocycles. The Morgan fingerprint density at radius 3 is 2.80 bits per heavy atom.